The number of hydrogen-bond donors (Lipinski definition) is 1. The highest BCUT2D eigenvalue weighted by molar-refractivity contribution is 5.05. The molecule has 1 aliphatic heterocycles. The highest BCUT2D eigenvalue weighted by atomic mass is 19.3. The van der Waals surface area contributed by atoms with E-state index in [4.69, 9.17) is 4.74 Å². The monoisotopic (exact) mass is 205 g/mol. The van der Waals surface area contributed by atoms with Crippen molar-refractivity contribution in [3.05, 3.63) is 0 Å². The maximum atomic E-state index is 12.6. The Morgan fingerprint density at radius 3 is 2.64 bits per heavy atom. The molecular weight excluding hydrogens is 188 g/mol. The van der Waals surface area contributed by atoms with Crippen molar-refractivity contribution in [1.29, 1.82) is 0 Å². The molecule has 4 heteroatoms. The molecule has 1 heterocycles. The van der Waals surface area contributed by atoms with E-state index in [0.717, 1.165) is 25.9 Å². The van der Waals surface area contributed by atoms with Crippen molar-refractivity contribution >= 4 is 0 Å². The van der Waals surface area contributed by atoms with Crippen LogP contribution < -0.4 is 5.32 Å². The average molecular weight is 205 g/mol. The fourth-order valence-electron chi connectivity index (χ4n) is 2.01. The van der Waals surface area contributed by atoms with Gasteiger partial charge >= 0.3 is 0 Å². The number of nitrogens with one attached hydrogen (secondary N) is 1. The first-order chi connectivity index (χ1) is 6.73. The summed E-state index contributed by atoms with van der Waals surface area (Å²) in [6, 6.07) is 0.231. The molecule has 1 N–H and O–H groups in total. The molecule has 2 aliphatic rings. The largest absolute Gasteiger partial charge is 0.381 e. The maximum absolute atomic E-state index is 12.6. The Morgan fingerprint density at radius 2 is 2.00 bits per heavy atom. The molecule has 0 spiro atoms. The van der Waals surface area contributed by atoms with E-state index in [0.29, 0.717) is 19.4 Å². The lowest BCUT2D eigenvalue weighted by atomic mass is 10.1. The second-order valence-corrected chi connectivity index (χ2v) is 4.34. The van der Waals surface area contributed by atoms with Gasteiger partial charge < -0.3 is 10.1 Å². The summed E-state index contributed by atoms with van der Waals surface area (Å²) in [5.74, 6) is 0. The minimum absolute atomic E-state index is 0.231. The summed E-state index contributed by atoms with van der Waals surface area (Å²) in [4.78, 5) is 0. The Balaban J connectivity index is 1.83. The summed E-state index contributed by atoms with van der Waals surface area (Å²) < 4.78 is 30.6. The zero-order valence-corrected chi connectivity index (χ0v) is 8.27. The van der Waals surface area contributed by atoms with Crippen LogP contribution in [0.15, 0.2) is 0 Å². The molecule has 0 amide bonds. The topological polar surface area (TPSA) is 21.3 Å². The summed E-state index contributed by atoms with van der Waals surface area (Å²) in [5.41, 5.74) is -0.838. The van der Waals surface area contributed by atoms with Crippen LogP contribution in [0.5, 0.6) is 0 Å². The van der Waals surface area contributed by atoms with Crippen molar-refractivity contribution in [3.8, 4) is 0 Å². The molecule has 1 unspecified atom stereocenters. The highest BCUT2D eigenvalue weighted by Crippen LogP contribution is 2.41. The van der Waals surface area contributed by atoms with Gasteiger partial charge in [0.1, 0.15) is 0 Å². The Morgan fingerprint density at radius 1 is 1.21 bits per heavy atom. The zero-order valence-electron chi connectivity index (χ0n) is 8.27. The van der Waals surface area contributed by atoms with Crippen molar-refractivity contribution in [1.82, 2.24) is 5.32 Å². The van der Waals surface area contributed by atoms with E-state index in [9.17, 15) is 8.78 Å². The summed E-state index contributed by atoms with van der Waals surface area (Å²) in [6.07, 6.45) is 1.86. The van der Waals surface area contributed by atoms with Gasteiger partial charge in [0, 0.05) is 19.3 Å². The fourth-order valence-corrected chi connectivity index (χ4v) is 2.01. The van der Waals surface area contributed by atoms with Crippen LogP contribution in [0.2, 0.25) is 0 Å². The van der Waals surface area contributed by atoms with Crippen molar-refractivity contribution in [2.75, 3.05) is 13.2 Å². The smallest absolute Gasteiger partial charge is 0.256 e. The standard InChI is InChI=1S/C10H17F2NO/c11-9(12)10(4-5-10)13-8-2-1-6-14-7-3-8/h8-9,13H,1-7H2. The van der Waals surface area contributed by atoms with E-state index in [1.165, 1.54) is 0 Å². The number of ether oxygens (including phenoxy) is 1. The van der Waals surface area contributed by atoms with E-state index in [2.05, 4.69) is 5.32 Å². The predicted molar refractivity (Wildman–Crippen MR) is 49.6 cm³/mol. The molecular formula is C10H17F2NO. The first-order valence-corrected chi connectivity index (χ1v) is 5.36. The molecule has 14 heavy (non-hydrogen) atoms. The average Bonchev–Trinajstić information content (AvgIpc) is 2.91. The van der Waals surface area contributed by atoms with Crippen LogP contribution in [0.25, 0.3) is 0 Å². The molecule has 0 aromatic heterocycles. The minimum Gasteiger partial charge on any atom is -0.381 e. The van der Waals surface area contributed by atoms with Crippen LogP contribution in [0.4, 0.5) is 8.78 Å². The quantitative estimate of drug-likeness (QED) is 0.760. The van der Waals surface area contributed by atoms with Crippen LogP contribution in [-0.2, 0) is 4.74 Å². The Kier molecular flexibility index (Phi) is 3.02. The molecule has 2 fully saturated rings. The van der Waals surface area contributed by atoms with Crippen molar-refractivity contribution in [2.45, 2.75) is 50.1 Å². The Labute approximate surface area is 83.0 Å². The summed E-state index contributed by atoms with van der Waals surface area (Å²) >= 11 is 0. The second-order valence-electron chi connectivity index (χ2n) is 4.34. The molecule has 0 bridgehead atoms. The van der Waals surface area contributed by atoms with Gasteiger partial charge in [-0.15, -0.1) is 0 Å². The molecule has 0 aromatic carbocycles. The third-order valence-electron chi connectivity index (χ3n) is 3.15. The Hall–Kier alpha value is -0.220. The molecule has 2 nitrogen and oxygen atoms in total. The van der Waals surface area contributed by atoms with Crippen LogP contribution in [0, 0.1) is 0 Å². The molecule has 2 rings (SSSR count). The lowest BCUT2D eigenvalue weighted by Gasteiger charge is -2.23. The lowest BCUT2D eigenvalue weighted by Crippen LogP contribution is -2.45. The predicted octanol–water partition coefficient (Wildman–Crippen LogP) is 1.94. The van der Waals surface area contributed by atoms with E-state index in [1.807, 2.05) is 0 Å². The number of alkyl halides is 2. The summed E-state index contributed by atoms with van der Waals surface area (Å²) in [6.45, 7) is 1.48. The molecule has 0 radical (unpaired) electrons. The van der Waals surface area contributed by atoms with Gasteiger partial charge in [-0.25, -0.2) is 8.78 Å². The summed E-state index contributed by atoms with van der Waals surface area (Å²) in [7, 11) is 0. The van der Waals surface area contributed by atoms with Gasteiger partial charge in [-0.2, -0.15) is 0 Å². The van der Waals surface area contributed by atoms with Crippen LogP contribution in [0.1, 0.15) is 32.1 Å². The third-order valence-corrected chi connectivity index (χ3v) is 3.15. The van der Waals surface area contributed by atoms with Gasteiger partial charge in [0.25, 0.3) is 6.43 Å². The van der Waals surface area contributed by atoms with Gasteiger partial charge in [0.2, 0.25) is 0 Å². The molecule has 1 atom stereocenters. The van der Waals surface area contributed by atoms with E-state index in [1.54, 1.807) is 0 Å². The molecule has 1 saturated carbocycles. The zero-order chi connectivity index (χ0) is 10.0. The molecule has 0 aromatic rings. The first kappa shape index (κ1) is 10.3. The van der Waals surface area contributed by atoms with Crippen LogP contribution in [-0.4, -0.2) is 31.2 Å². The van der Waals surface area contributed by atoms with E-state index < -0.39 is 12.0 Å². The number of halogens is 2. The van der Waals surface area contributed by atoms with Gasteiger partial charge in [0.05, 0.1) is 5.54 Å². The third kappa shape index (κ3) is 2.23. The van der Waals surface area contributed by atoms with Crippen molar-refractivity contribution in [3.63, 3.8) is 0 Å². The van der Waals surface area contributed by atoms with Gasteiger partial charge in [-0.1, -0.05) is 0 Å². The lowest BCUT2D eigenvalue weighted by molar-refractivity contribution is 0.0762. The second kappa shape index (κ2) is 4.11. The van der Waals surface area contributed by atoms with Gasteiger partial charge in [-0.3, -0.25) is 0 Å². The molecule has 82 valence electrons. The minimum atomic E-state index is -2.22. The molecule has 1 aliphatic carbocycles. The highest BCUT2D eigenvalue weighted by Gasteiger charge is 2.51. The number of rotatable bonds is 3. The van der Waals surface area contributed by atoms with E-state index in [-0.39, 0.29) is 6.04 Å². The Bertz CT molecular complexity index is 187. The molecule has 1 saturated heterocycles. The van der Waals surface area contributed by atoms with Crippen molar-refractivity contribution in [2.24, 2.45) is 0 Å². The van der Waals surface area contributed by atoms with E-state index >= 15 is 0 Å². The van der Waals surface area contributed by atoms with Gasteiger partial charge in [0.15, 0.2) is 0 Å². The van der Waals surface area contributed by atoms with Gasteiger partial charge in [-0.05, 0) is 32.1 Å². The normalized spacial score (nSPS) is 31.5. The maximum Gasteiger partial charge on any atom is 0.256 e. The number of hydrogen-bond acceptors (Lipinski definition) is 2. The summed E-state index contributed by atoms with van der Waals surface area (Å²) in [5, 5.41) is 3.12. The fraction of sp³-hybridized carbons (Fsp3) is 1.00. The SMILES string of the molecule is FC(F)C1(NC2CCCOCC2)CC1. The van der Waals surface area contributed by atoms with Crippen LogP contribution in [0.3, 0.4) is 0 Å². The van der Waals surface area contributed by atoms with Crippen molar-refractivity contribution < 1.29 is 13.5 Å². The first-order valence-electron chi connectivity index (χ1n) is 5.36. The van der Waals surface area contributed by atoms with Crippen LogP contribution >= 0.6 is 0 Å².